The Bertz CT molecular complexity index is 1440. The number of nitrogens with zero attached hydrogens (tertiary/aromatic N) is 4. The zero-order valence-electron chi connectivity index (χ0n) is 17.9. The Balaban J connectivity index is 1.76. The maximum atomic E-state index is 10.1. The van der Waals surface area contributed by atoms with Crippen LogP contribution in [0.1, 0.15) is 11.1 Å². The summed E-state index contributed by atoms with van der Waals surface area (Å²) >= 11 is 1.30. The Hall–Kier alpha value is -4.57. The quantitative estimate of drug-likeness (QED) is 0.248. The number of phenols is 4. The van der Waals surface area contributed by atoms with Crippen molar-refractivity contribution in [2.45, 2.75) is 0 Å². The van der Waals surface area contributed by atoms with Crippen LogP contribution in [-0.2, 0) is 0 Å². The van der Waals surface area contributed by atoms with Crippen LogP contribution in [-0.4, -0.2) is 44.6 Å². The van der Waals surface area contributed by atoms with E-state index in [9.17, 15) is 20.4 Å². The molecule has 3 aromatic carbocycles. The molecule has 4 N–H and O–H groups in total. The third-order valence-electron chi connectivity index (χ3n) is 4.75. The number of thiazole rings is 1. The molecule has 172 valence electrons. The summed E-state index contributed by atoms with van der Waals surface area (Å²) in [6.45, 7) is 0. The summed E-state index contributed by atoms with van der Waals surface area (Å²) in [6.07, 6.45) is 2.81. The molecule has 0 bridgehead atoms. The molecule has 0 fully saturated rings. The van der Waals surface area contributed by atoms with E-state index in [-0.39, 0.29) is 23.0 Å². The van der Waals surface area contributed by atoms with E-state index < -0.39 is 0 Å². The van der Waals surface area contributed by atoms with E-state index in [1.165, 1.54) is 60.2 Å². The van der Waals surface area contributed by atoms with Crippen molar-refractivity contribution >= 4 is 23.8 Å². The lowest BCUT2D eigenvalue weighted by Crippen LogP contribution is -2.11. The molecule has 10 heteroatoms. The fourth-order valence-corrected chi connectivity index (χ4v) is 3.78. The van der Waals surface area contributed by atoms with Gasteiger partial charge in [-0.05, 0) is 48.5 Å². The number of hydrogen-bond donors (Lipinski definition) is 4. The highest BCUT2D eigenvalue weighted by Crippen LogP contribution is 2.25. The number of phenolic OH excluding ortho intramolecular Hbond substituents is 4. The van der Waals surface area contributed by atoms with Gasteiger partial charge in [0.2, 0.25) is 4.80 Å². The Morgan fingerprint density at radius 1 is 0.824 bits per heavy atom. The summed E-state index contributed by atoms with van der Waals surface area (Å²) in [5, 5.41) is 53.6. The molecular formula is C24H20N4O5S. The van der Waals surface area contributed by atoms with Crippen molar-refractivity contribution in [1.82, 2.24) is 4.68 Å². The van der Waals surface area contributed by atoms with Gasteiger partial charge >= 0.3 is 0 Å². The van der Waals surface area contributed by atoms with Crippen molar-refractivity contribution in [3.63, 3.8) is 0 Å². The summed E-state index contributed by atoms with van der Waals surface area (Å²) < 4.78 is 6.79. The van der Waals surface area contributed by atoms with Gasteiger partial charge in [-0.1, -0.05) is 0 Å². The first-order valence-corrected chi connectivity index (χ1v) is 10.8. The van der Waals surface area contributed by atoms with Crippen LogP contribution in [0.25, 0.3) is 11.3 Å². The number of ether oxygens (including phenoxy) is 1. The second-order valence-electron chi connectivity index (χ2n) is 7.02. The predicted molar refractivity (Wildman–Crippen MR) is 130 cm³/mol. The van der Waals surface area contributed by atoms with Gasteiger partial charge in [-0.15, -0.1) is 16.4 Å². The lowest BCUT2D eigenvalue weighted by molar-refractivity contribution is 0.415. The van der Waals surface area contributed by atoms with Gasteiger partial charge in [0.05, 0.1) is 25.2 Å². The van der Waals surface area contributed by atoms with Crippen molar-refractivity contribution in [2.24, 2.45) is 15.3 Å². The smallest absolute Gasteiger partial charge is 0.231 e. The number of hydrogen-bond acceptors (Lipinski definition) is 9. The molecule has 0 unspecified atom stereocenters. The topological polar surface area (TPSA) is 132 Å². The fraction of sp³-hybridized carbons (Fsp3) is 0.0417. The van der Waals surface area contributed by atoms with E-state index in [4.69, 9.17) is 4.74 Å². The second-order valence-corrected chi connectivity index (χ2v) is 7.86. The highest BCUT2D eigenvalue weighted by Gasteiger charge is 2.09. The molecule has 34 heavy (non-hydrogen) atoms. The SMILES string of the molecule is COc1ccc(-c2cs/c(=N\N=C\c3ccc(O)cc3O)n2/N=C/c2ccc(O)cc2O)cc1. The molecule has 4 aromatic rings. The van der Waals surface area contributed by atoms with Crippen molar-refractivity contribution in [3.8, 4) is 40.0 Å². The third kappa shape index (κ3) is 5.08. The molecule has 1 heterocycles. The van der Waals surface area contributed by atoms with E-state index in [2.05, 4.69) is 15.3 Å². The maximum absolute atomic E-state index is 10.1. The van der Waals surface area contributed by atoms with E-state index in [1.807, 2.05) is 29.6 Å². The molecule has 4 rings (SSSR count). The minimum absolute atomic E-state index is 0.0562. The zero-order valence-corrected chi connectivity index (χ0v) is 18.7. The lowest BCUT2D eigenvalue weighted by atomic mass is 10.2. The van der Waals surface area contributed by atoms with Gasteiger partial charge in [-0.2, -0.15) is 10.2 Å². The minimum Gasteiger partial charge on any atom is -0.508 e. The maximum Gasteiger partial charge on any atom is 0.231 e. The van der Waals surface area contributed by atoms with Gasteiger partial charge in [-0.3, -0.25) is 0 Å². The van der Waals surface area contributed by atoms with Crippen LogP contribution in [0.2, 0.25) is 0 Å². The first-order chi connectivity index (χ1) is 16.4. The van der Waals surface area contributed by atoms with E-state index >= 15 is 0 Å². The van der Waals surface area contributed by atoms with Crippen LogP contribution in [0.15, 0.2) is 81.3 Å². The zero-order chi connectivity index (χ0) is 24.1. The molecule has 0 saturated carbocycles. The van der Waals surface area contributed by atoms with Crippen LogP contribution in [0, 0.1) is 0 Å². The monoisotopic (exact) mass is 476 g/mol. The summed E-state index contributed by atoms with van der Waals surface area (Å²) in [5.41, 5.74) is 2.37. The summed E-state index contributed by atoms with van der Waals surface area (Å²) in [4.78, 5) is 0.426. The summed E-state index contributed by atoms with van der Waals surface area (Å²) in [7, 11) is 1.59. The van der Waals surface area contributed by atoms with Gasteiger partial charge < -0.3 is 25.2 Å². The van der Waals surface area contributed by atoms with Gasteiger partial charge in [0, 0.05) is 34.2 Å². The lowest BCUT2D eigenvalue weighted by Gasteiger charge is -2.05. The Kier molecular flexibility index (Phi) is 6.60. The fourth-order valence-electron chi connectivity index (χ4n) is 2.98. The van der Waals surface area contributed by atoms with Crippen LogP contribution >= 0.6 is 11.3 Å². The Morgan fingerprint density at radius 3 is 2.03 bits per heavy atom. The molecular weight excluding hydrogens is 456 g/mol. The average molecular weight is 477 g/mol. The van der Waals surface area contributed by atoms with Crippen LogP contribution in [0.3, 0.4) is 0 Å². The molecule has 0 spiro atoms. The van der Waals surface area contributed by atoms with E-state index in [1.54, 1.807) is 11.8 Å². The first kappa shape index (κ1) is 22.6. The normalized spacial score (nSPS) is 12.1. The number of aromatic hydroxyl groups is 4. The molecule has 0 aliphatic heterocycles. The highest BCUT2D eigenvalue weighted by molar-refractivity contribution is 7.07. The average Bonchev–Trinajstić information content (AvgIpc) is 3.22. The number of benzene rings is 3. The van der Waals surface area contributed by atoms with Gasteiger partial charge in [0.25, 0.3) is 0 Å². The summed E-state index contributed by atoms with van der Waals surface area (Å²) in [5.74, 6) is 0.354. The van der Waals surface area contributed by atoms with Crippen molar-refractivity contribution in [2.75, 3.05) is 7.11 Å². The predicted octanol–water partition coefficient (Wildman–Crippen LogP) is 3.86. The molecule has 0 amide bonds. The van der Waals surface area contributed by atoms with E-state index in [0.717, 1.165) is 11.3 Å². The van der Waals surface area contributed by atoms with Crippen molar-refractivity contribution in [3.05, 3.63) is 82.0 Å². The molecule has 0 radical (unpaired) electrons. The molecule has 0 atom stereocenters. The highest BCUT2D eigenvalue weighted by atomic mass is 32.1. The molecule has 0 saturated heterocycles. The third-order valence-corrected chi connectivity index (χ3v) is 5.56. The Morgan fingerprint density at radius 2 is 1.44 bits per heavy atom. The van der Waals surface area contributed by atoms with Crippen LogP contribution in [0.5, 0.6) is 28.7 Å². The van der Waals surface area contributed by atoms with Crippen LogP contribution < -0.4 is 9.54 Å². The molecule has 0 aliphatic carbocycles. The second kappa shape index (κ2) is 9.92. The number of rotatable bonds is 6. The molecule has 0 aliphatic rings. The van der Waals surface area contributed by atoms with Gasteiger partial charge in [0.1, 0.15) is 28.7 Å². The van der Waals surface area contributed by atoms with Crippen LogP contribution in [0.4, 0.5) is 0 Å². The number of aromatic nitrogens is 1. The largest absolute Gasteiger partial charge is 0.508 e. The molecule has 1 aromatic heterocycles. The molecule has 9 nitrogen and oxygen atoms in total. The minimum atomic E-state index is -0.127. The van der Waals surface area contributed by atoms with Crippen molar-refractivity contribution < 1.29 is 25.2 Å². The Labute approximate surface area is 198 Å². The van der Waals surface area contributed by atoms with E-state index in [0.29, 0.717) is 21.7 Å². The summed E-state index contributed by atoms with van der Waals surface area (Å²) in [6, 6.07) is 15.8. The van der Waals surface area contributed by atoms with Gasteiger partial charge in [0.15, 0.2) is 0 Å². The number of methoxy groups -OCH3 is 1. The first-order valence-electron chi connectivity index (χ1n) is 9.95. The van der Waals surface area contributed by atoms with Gasteiger partial charge in [-0.25, -0.2) is 4.68 Å². The van der Waals surface area contributed by atoms with Crippen molar-refractivity contribution in [1.29, 1.82) is 0 Å². The standard InChI is InChI=1S/C24H20N4O5S/c1-33-20-8-4-15(5-9-20)21-14-34-24(27-25-12-16-2-6-18(29)10-22(16)31)28(21)26-13-17-3-7-19(30)11-23(17)32/h2-14,29-32H,1H3/b25-12+,26-13+,27-24-.